The number of hydrogen-bond donors (Lipinski definition) is 2. The highest BCUT2D eigenvalue weighted by molar-refractivity contribution is 7.92. The number of benzene rings is 1. The molecule has 2 rings (SSSR count). The molecule has 7 heteroatoms. The molecule has 2 aromatic rings. The fraction of sp³-hybridized carbons (Fsp3) is 0.167. The van der Waals surface area contributed by atoms with Crippen LogP contribution in [0.2, 0.25) is 0 Å². The van der Waals surface area contributed by atoms with E-state index in [0.29, 0.717) is 12.1 Å². The molecule has 0 radical (unpaired) electrons. The molecular weight excluding hydrogens is 264 g/mol. The Labute approximate surface area is 111 Å². The van der Waals surface area contributed by atoms with Gasteiger partial charge < -0.3 is 5.73 Å². The largest absolute Gasteiger partial charge is 0.399 e. The standard InChI is InChI=1S/C12H14N4O2S/c1-2-10-7-8-14-12(15-10)16-19(17,18)11-5-3-9(13)4-6-11/h3-8H,2,13H2,1H3,(H,14,15,16). The minimum absolute atomic E-state index is 0.0659. The lowest BCUT2D eigenvalue weighted by Crippen LogP contribution is -2.15. The first-order chi connectivity index (χ1) is 9.01. The third-order valence-electron chi connectivity index (χ3n) is 2.49. The quantitative estimate of drug-likeness (QED) is 0.824. The van der Waals surface area contributed by atoms with Crippen molar-refractivity contribution in [1.29, 1.82) is 0 Å². The van der Waals surface area contributed by atoms with Crippen LogP contribution in [0.25, 0.3) is 0 Å². The third-order valence-corrected chi connectivity index (χ3v) is 3.84. The monoisotopic (exact) mass is 278 g/mol. The molecule has 0 saturated heterocycles. The number of nitrogens with two attached hydrogens (primary N) is 1. The average Bonchev–Trinajstić information content (AvgIpc) is 2.39. The van der Waals surface area contributed by atoms with Crippen molar-refractivity contribution in [3.63, 3.8) is 0 Å². The Morgan fingerprint density at radius 1 is 1.21 bits per heavy atom. The second kappa shape index (κ2) is 5.23. The topological polar surface area (TPSA) is 98.0 Å². The van der Waals surface area contributed by atoms with Crippen LogP contribution in [0.15, 0.2) is 41.4 Å². The predicted octanol–water partition coefficient (Wildman–Crippen LogP) is 1.42. The maximum absolute atomic E-state index is 12.1. The first-order valence-electron chi connectivity index (χ1n) is 5.71. The molecular formula is C12H14N4O2S. The molecule has 0 bridgehead atoms. The van der Waals surface area contributed by atoms with E-state index in [2.05, 4.69) is 14.7 Å². The summed E-state index contributed by atoms with van der Waals surface area (Å²) in [4.78, 5) is 8.10. The van der Waals surface area contributed by atoms with E-state index in [4.69, 9.17) is 5.73 Å². The van der Waals surface area contributed by atoms with Crippen molar-refractivity contribution in [3.05, 3.63) is 42.2 Å². The van der Waals surface area contributed by atoms with Crippen LogP contribution in [0.1, 0.15) is 12.6 Å². The number of aromatic nitrogens is 2. The summed E-state index contributed by atoms with van der Waals surface area (Å²) in [6.07, 6.45) is 2.23. The highest BCUT2D eigenvalue weighted by Crippen LogP contribution is 2.14. The minimum Gasteiger partial charge on any atom is -0.399 e. The zero-order chi connectivity index (χ0) is 13.9. The molecule has 19 heavy (non-hydrogen) atoms. The van der Waals surface area contributed by atoms with E-state index >= 15 is 0 Å². The number of nitrogens with one attached hydrogen (secondary N) is 1. The van der Waals surface area contributed by atoms with Crippen LogP contribution in [0.5, 0.6) is 0 Å². The molecule has 0 fully saturated rings. The first-order valence-corrected chi connectivity index (χ1v) is 7.20. The molecule has 0 spiro atoms. The number of rotatable bonds is 4. The zero-order valence-corrected chi connectivity index (χ0v) is 11.2. The van der Waals surface area contributed by atoms with E-state index in [1.54, 1.807) is 6.07 Å². The number of anilines is 2. The van der Waals surface area contributed by atoms with Crippen molar-refractivity contribution in [1.82, 2.24) is 9.97 Å². The Morgan fingerprint density at radius 3 is 2.53 bits per heavy atom. The van der Waals surface area contributed by atoms with Crippen LogP contribution in [-0.4, -0.2) is 18.4 Å². The van der Waals surface area contributed by atoms with E-state index in [1.165, 1.54) is 30.5 Å². The lowest BCUT2D eigenvalue weighted by atomic mass is 10.3. The molecule has 0 aliphatic heterocycles. The molecule has 3 N–H and O–H groups in total. The van der Waals surface area contributed by atoms with Crippen LogP contribution in [0, 0.1) is 0 Å². The van der Waals surface area contributed by atoms with Gasteiger partial charge in [-0.25, -0.2) is 23.1 Å². The minimum atomic E-state index is -3.69. The molecule has 6 nitrogen and oxygen atoms in total. The molecule has 0 aliphatic carbocycles. The van der Waals surface area contributed by atoms with Crippen molar-refractivity contribution in [2.75, 3.05) is 10.5 Å². The lowest BCUT2D eigenvalue weighted by Gasteiger charge is -2.07. The first kappa shape index (κ1) is 13.3. The normalized spacial score (nSPS) is 11.2. The van der Waals surface area contributed by atoms with Gasteiger partial charge in [-0.1, -0.05) is 6.92 Å². The maximum atomic E-state index is 12.1. The Balaban J connectivity index is 2.28. The van der Waals surface area contributed by atoms with E-state index in [1.807, 2.05) is 6.92 Å². The van der Waals surface area contributed by atoms with Gasteiger partial charge in [-0.15, -0.1) is 0 Å². The van der Waals surface area contributed by atoms with Crippen molar-refractivity contribution in [2.24, 2.45) is 0 Å². The highest BCUT2D eigenvalue weighted by Gasteiger charge is 2.15. The Hall–Kier alpha value is -2.15. The Morgan fingerprint density at radius 2 is 1.89 bits per heavy atom. The smallest absolute Gasteiger partial charge is 0.264 e. The van der Waals surface area contributed by atoms with Crippen LogP contribution in [0.4, 0.5) is 11.6 Å². The molecule has 0 aliphatic rings. The van der Waals surface area contributed by atoms with Crippen LogP contribution >= 0.6 is 0 Å². The van der Waals surface area contributed by atoms with E-state index in [0.717, 1.165) is 5.69 Å². The maximum Gasteiger partial charge on any atom is 0.264 e. The van der Waals surface area contributed by atoms with Gasteiger partial charge in [0.1, 0.15) is 0 Å². The number of nitrogen functional groups attached to an aromatic ring is 1. The Bertz CT molecular complexity index is 668. The van der Waals surface area contributed by atoms with Gasteiger partial charge in [0, 0.05) is 17.6 Å². The molecule has 100 valence electrons. The SMILES string of the molecule is CCc1ccnc(NS(=O)(=O)c2ccc(N)cc2)n1. The van der Waals surface area contributed by atoms with Crippen LogP contribution in [-0.2, 0) is 16.4 Å². The second-order valence-corrected chi connectivity index (χ2v) is 5.58. The summed E-state index contributed by atoms with van der Waals surface area (Å²) in [5.41, 5.74) is 6.79. The summed E-state index contributed by atoms with van der Waals surface area (Å²) in [5.74, 6) is 0.0659. The van der Waals surface area contributed by atoms with Gasteiger partial charge in [0.25, 0.3) is 10.0 Å². The third kappa shape index (κ3) is 3.19. The summed E-state index contributed by atoms with van der Waals surface area (Å²) >= 11 is 0. The van der Waals surface area contributed by atoms with E-state index in [-0.39, 0.29) is 10.8 Å². The van der Waals surface area contributed by atoms with Crippen LogP contribution in [0.3, 0.4) is 0 Å². The Kier molecular flexibility index (Phi) is 3.66. The van der Waals surface area contributed by atoms with Crippen molar-refractivity contribution >= 4 is 21.7 Å². The summed E-state index contributed by atoms with van der Waals surface area (Å²) in [7, 11) is -3.69. The molecule has 0 amide bonds. The van der Waals surface area contributed by atoms with Gasteiger partial charge in [-0.05, 0) is 36.8 Å². The molecule has 1 aromatic heterocycles. The number of sulfonamides is 1. The zero-order valence-electron chi connectivity index (χ0n) is 10.4. The summed E-state index contributed by atoms with van der Waals surface area (Å²) in [6, 6.07) is 7.65. The molecule has 1 aromatic carbocycles. The fourth-order valence-corrected chi connectivity index (χ4v) is 2.42. The van der Waals surface area contributed by atoms with Gasteiger partial charge >= 0.3 is 0 Å². The molecule has 1 heterocycles. The van der Waals surface area contributed by atoms with Gasteiger partial charge in [0.05, 0.1) is 4.90 Å². The highest BCUT2D eigenvalue weighted by atomic mass is 32.2. The van der Waals surface area contributed by atoms with Crippen molar-refractivity contribution < 1.29 is 8.42 Å². The number of aryl methyl sites for hydroxylation is 1. The average molecular weight is 278 g/mol. The summed E-state index contributed by atoms with van der Waals surface area (Å²) < 4.78 is 26.5. The summed E-state index contributed by atoms with van der Waals surface area (Å²) in [5, 5.41) is 0. The van der Waals surface area contributed by atoms with Crippen molar-refractivity contribution in [2.45, 2.75) is 18.2 Å². The van der Waals surface area contributed by atoms with Gasteiger partial charge in [-0.2, -0.15) is 0 Å². The van der Waals surface area contributed by atoms with Crippen molar-refractivity contribution in [3.8, 4) is 0 Å². The number of nitrogens with zero attached hydrogens (tertiary/aromatic N) is 2. The van der Waals surface area contributed by atoms with E-state index in [9.17, 15) is 8.42 Å². The predicted molar refractivity (Wildman–Crippen MR) is 73.1 cm³/mol. The summed E-state index contributed by atoms with van der Waals surface area (Å²) in [6.45, 7) is 1.93. The van der Waals surface area contributed by atoms with Gasteiger partial charge in [0.2, 0.25) is 5.95 Å². The van der Waals surface area contributed by atoms with Gasteiger partial charge in [-0.3, -0.25) is 0 Å². The second-order valence-electron chi connectivity index (χ2n) is 3.90. The van der Waals surface area contributed by atoms with E-state index < -0.39 is 10.0 Å². The van der Waals surface area contributed by atoms with Crippen LogP contribution < -0.4 is 10.5 Å². The molecule has 0 unspecified atom stereocenters. The number of hydrogen-bond acceptors (Lipinski definition) is 5. The molecule has 0 atom stereocenters. The van der Waals surface area contributed by atoms with Gasteiger partial charge in [0.15, 0.2) is 0 Å². The lowest BCUT2D eigenvalue weighted by molar-refractivity contribution is 0.601. The molecule has 0 saturated carbocycles. The fourth-order valence-electron chi connectivity index (χ4n) is 1.47.